The highest BCUT2D eigenvalue weighted by Crippen LogP contribution is 2.47. The van der Waals surface area contributed by atoms with Crippen molar-refractivity contribution in [2.24, 2.45) is 11.0 Å². The summed E-state index contributed by atoms with van der Waals surface area (Å²) in [6.45, 7) is 0.465. The van der Waals surface area contributed by atoms with Crippen LogP contribution in [0.5, 0.6) is 17.2 Å². The van der Waals surface area contributed by atoms with Gasteiger partial charge in [-0.15, -0.1) is 0 Å². The average molecular weight is 536 g/mol. The number of phenols is 1. The number of phenolic OH excluding ortho intramolecular Hbond substituents is 1. The van der Waals surface area contributed by atoms with Gasteiger partial charge in [-0.2, -0.15) is 5.10 Å². The molecule has 1 fully saturated rings. The quantitative estimate of drug-likeness (QED) is 0.412. The van der Waals surface area contributed by atoms with Crippen LogP contribution in [-0.2, 0) is 4.79 Å². The number of hydrogen-bond acceptors (Lipinski definition) is 7. The molecule has 2 aliphatic rings. The van der Waals surface area contributed by atoms with Gasteiger partial charge in [0.05, 0.1) is 12.7 Å². The first-order valence-electron chi connectivity index (χ1n) is 12.1. The number of aromatic hydroxyl groups is 1. The summed E-state index contributed by atoms with van der Waals surface area (Å²) in [6, 6.07) is 17.3. The Morgan fingerprint density at radius 1 is 1.11 bits per heavy atom. The fraction of sp³-hybridized carbons (Fsp3) is 0.250. The lowest BCUT2D eigenvalue weighted by Crippen LogP contribution is -2.30. The molecule has 0 radical (unpaired) electrons. The van der Waals surface area contributed by atoms with E-state index in [0.717, 1.165) is 12.8 Å². The summed E-state index contributed by atoms with van der Waals surface area (Å²) in [5.74, 6) is -0.0536. The third-order valence-corrected chi connectivity index (χ3v) is 7.42. The second-order valence-electron chi connectivity index (χ2n) is 8.96. The van der Waals surface area contributed by atoms with Crippen LogP contribution in [0.2, 0.25) is 0 Å². The zero-order valence-electron chi connectivity index (χ0n) is 20.6. The maximum absolute atomic E-state index is 13.6. The first kappa shape index (κ1) is 25.6. The number of halogens is 1. The Morgan fingerprint density at radius 2 is 1.87 bits per heavy atom. The summed E-state index contributed by atoms with van der Waals surface area (Å²) in [5, 5.41) is 18.8. The number of carbonyl (C=O) groups excluding carboxylic acids is 2. The lowest BCUT2D eigenvalue weighted by atomic mass is 10.1. The van der Waals surface area contributed by atoms with E-state index in [1.54, 1.807) is 42.5 Å². The van der Waals surface area contributed by atoms with Gasteiger partial charge in [0.2, 0.25) is 0 Å². The standard InChI is InChI=1S/C28H26FN3O5S/c1-36-25-21(6-4-8-23(25)37-16-24(34)30-15-17-9-10-17)28-32(27(35)20-5-2-3-7-22(20)33)31-26(38-28)18-11-13-19(29)14-12-18/h2-8,11-14,17,28,33H,9-10,15-16H2,1H3,(H,30,34). The molecular formula is C28H26FN3O5S. The molecule has 1 heterocycles. The maximum atomic E-state index is 13.6. The largest absolute Gasteiger partial charge is 0.507 e. The minimum absolute atomic E-state index is 0.0842. The third-order valence-electron chi connectivity index (χ3n) is 6.20. The van der Waals surface area contributed by atoms with E-state index in [4.69, 9.17) is 9.47 Å². The molecule has 0 aromatic heterocycles. The fourth-order valence-corrected chi connectivity index (χ4v) is 5.18. The van der Waals surface area contributed by atoms with Crippen LogP contribution in [0.3, 0.4) is 0 Å². The van der Waals surface area contributed by atoms with Gasteiger partial charge in [-0.1, -0.05) is 36.0 Å². The molecule has 0 saturated heterocycles. The number of amides is 2. The lowest BCUT2D eigenvalue weighted by Gasteiger charge is -2.24. The summed E-state index contributed by atoms with van der Waals surface area (Å²) in [7, 11) is 1.48. The van der Waals surface area contributed by atoms with Crippen molar-refractivity contribution in [1.82, 2.24) is 10.3 Å². The van der Waals surface area contributed by atoms with Crippen molar-refractivity contribution >= 4 is 28.6 Å². The number of rotatable bonds is 9. The molecule has 3 aromatic rings. The van der Waals surface area contributed by atoms with Crippen LogP contribution >= 0.6 is 11.8 Å². The molecule has 3 aromatic carbocycles. The number of nitrogens with zero attached hydrogens (tertiary/aromatic N) is 2. The van der Waals surface area contributed by atoms with Crippen LogP contribution < -0.4 is 14.8 Å². The molecule has 1 atom stereocenters. The zero-order valence-corrected chi connectivity index (χ0v) is 21.4. The van der Waals surface area contributed by atoms with Gasteiger partial charge in [0, 0.05) is 17.7 Å². The smallest absolute Gasteiger partial charge is 0.279 e. The molecule has 1 saturated carbocycles. The number of benzene rings is 3. The molecular weight excluding hydrogens is 509 g/mol. The molecule has 1 aliphatic heterocycles. The number of hydrogen-bond donors (Lipinski definition) is 2. The van der Waals surface area contributed by atoms with Crippen molar-refractivity contribution in [2.75, 3.05) is 20.3 Å². The van der Waals surface area contributed by atoms with E-state index < -0.39 is 11.3 Å². The van der Waals surface area contributed by atoms with E-state index in [2.05, 4.69) is 10.4 Å². The minimum Gasteiger partial charge on any atom is -0.507 e. The number of thioether (sulfide) groups is 1. The predicted molar refractivity (Wildman–Crippen MR) is 142 cm³/mol. The number of ether oxygens (including phenoxy) is 2. The Morgan fingerprint density at radius 3 is 2.58 bits per heavy atom. The van der Waals surface area contributed by atoms with E-state index in [0.29, 0.717) is 40.1 Å². The molecule has 8 nitrogen and oxygen atoms in total. The SMILES string of the molecule is COc1c(OCC(=O)NCC2CC2)cccc1C1SC(c2ccc(F)cc2)=NN1C(=O)c1ccccc1O. The first-order chi connectivity index (χ1) is 18.4. The second-order valence-corrected chi connectivity index (χ2v) is 10.0. The fourth-order valence-electron chi connectivity index (χ4n) is 4.01. The van der Waals surface area contributed by atoms with E-state index in [1.165, 1.54) is 48.1 Å². The summed E-state index contributed by atoms with van der Waals surface area (Å²) in [4.78, 5) is 25.8. The predicted octanol–water partition coefficient (Wildman–Crippen LogP) is 4.69. The van der Waals surface area contributed by atoms with Gasteiger partial charge in [-0.3, -0.25) is 9.59 Å². The molecule has 1 aliphatic carbocycles. The Labute approximate surface area is 223 Å². The first-order valence-corrected chi connectivity index (χ1v) is 13.0. The van der Waals surface area contributed by atoms with E-state index >= 15 is 0 Å². The highest BCUT2D eigenvalue weighted by Gasteiger charge is 2.37. The molecule has 196 valence electrons. The van der Waals surface area contributed by atoms with Crippen molar-refractivity contribution in [3.8, 4) is 17.2 Å². The molecule has 2 amide bonds. The van der Waals surface area contributed by atoms with E-state index in [9.17, 15) is 19.1 Å². The summed E-state index contributed by atoms with van der Waals surface area (Å²) in [5.41, 5.74) is 1.30. The van der Waals surface area contributed by atoms with Crippen molar-refractivity contribution < 1.29 is 28.6 Å². The number of hydrazone groups is 1. The monoisotopic (exact) mass is 535 g/mol. The van der Waals surface area contributed by atoms with Crippen molar-refractivity contribution in [1.29, 1.82) is 0 Å². The molecule has 0 bridgehead atoms. The Hall–Kier alpha value is -4.05. The molecule has 2 N–H and O–H groups in total. The Bertz CT molecular complexity index is 1380. The van der Waals surface area contributed by atoms with Crippen LogP contribution in [0.25, 0.3) is 0 Å². The summed E-state index contributed by atoms with van der Waals surface area (Å²) >= 11 is 1.28. The number of nitrogens with one attached hydrogen (secondary N) is 1. The summed E-state index contributed by atoms with van der Waals surface area (Å²) < 4.78 is 25.0. The van der Waals surface area contributed by atoms with Gasteiger partial charge < -0.3 is 19.9 Å². The van der Waals surface area contributed by atoms with Crippen LogP contribution in [0.1, 0.15) is 39.7 Å². The van der Waals surface area contributed by atoms with Crippen LogP contribution in [0.15, 0.2) is 71.8 Å². The Kier molecular flexibility index (Phi) is 7.50. The second kappa shape index (κ2) is 11.1. The molecule has 1 unspecified atom stereocenters. The van der Waals surface area contributed by atoms with Gasteiger partial charge in [0.15, 0.2) is 18.1 Å². The molecule has 5 rings (SSSR count). The van der Waals surface area contributed by atoms with Gasteiger partial charge in [-0.25, -0.2) is 9.40 Å². The van der Waals surface area contributed by atoms with Crippen molar-refractivity contribution in [3.63, 3.8) is 0 Å². The van der Waals surface area contributed by atoms with E-state index in [-0.39, 0.29) is 29.6 Å². The molecule has 10 heteroatoms. The van der Waals surface area contributed by atoms with Gasteiger partial charge in [-0.05, 0) is 61.2 Å². The average Bonchev–Trinajstić information content (AvgIpc) is 3.66. The maximum Gasteiger partial charge on any atom is 0.279 e. The minimum atomic E-state index is -0.690. The summed E-state index contributed by atoms with van der Waals surface area (Å²) in [6.07, 6.45) is 2.27. The zero-order chi connectivity index (χ0) is 26.6. The van der Waals surface area contributed by atoms with Gasteiger partial charge >= 0.3 is 0 Å². The van der Waals surface area contributed by atoms with Crippen LogP contribution in [0.4, 0.5) is 4.39 Å². The van der Waals surface area contributed by atoms with Crippen molar-refractivity contribution in [3.05, 3.63) is 89.2 Å². The Balaban J connectivity index is 1.45. The normalized spacial score (nSPS) is 16.6. The van der Waals surface area contributed by atoms with E-state index in [1.807, 2.05) is 0 Å². The van der Waals surface area contributed by atoms with Crippen LogP contribution in [0, 0.1) is 11.7 Å². The molecule has 0 spiro atoms. The van der Waals surface area contributed by atoms with Crippen molar-refractivity contribution in [2.45, 2.75) is 18.2 Å². The third kappa shape index (κ3) is 5.60. The lowest BCUT2D eigenvalue weighted by molar-refractivity contribution is -0.123. The van der Waals surface area contributed by atoms with Gasteiger partial charge in [0.25, 0.3) is 11.8 Å². The highest BCUT2D eigenvalue weighted by atomic mass is 32.2. The number of carbonyl (C=O) groups is 2. The van der Waals surface area contributed by atoms with Gasteiger partial charge in [0.1, 0.15) is 22.0 Å². The number of methoxy groups -OCH3 is 1. The van der Waals surface area contributed by atoms with Crippen LogP contribution in [-0.4, -0.2) is 47.2 Å². The molecule has 38 heavy (non-hydrogen) atoms. The highest BCUT2D eigenvalue weighted by molar-refractivity contribution is 8.14. The topological polar surface area (TPSA) is 100 Å². The number of para-hydroxylation sites is 2.